The Balaban J connectivity index is 1.52. The summed E-state index contributed by atoms with van der Waals surface area (Å²) in [6.07, 6.45) is 6.65. The lowest BCUT2D eigenvalue weighted by Crippen LogP contribution is -2.53. The fourth-order valence-electron chi connectivity index (χ4n) is 4.68. The molecule has 5 nitrogen and oxygen atoms in total. The van der Waals surface area contributed by atoms with Gasteiger partial charge in [0.15, 0.2) is 0 Å². The third kappa shape index (κ3) is 3.27. The van der Waals surface area contributed by atoms with Gasteiger partial charge < -0.3 is 14.4 Å². The topological polar surface area (TPSA) is 51.7 Å². The van der Waals surface area contributed by atoms with Crippen molar-refractivity contribution < 1.29 is 14.3 Å². The smallest absolute Gasteiger partial charge is 0.256 e. The summed E-state index contributed by atoms with van der Waals surface area (Å²) in [6.45, 7) is 5.50. The summed E-state index contributed by atoms with van der Waals surface area (Å²) in [5.41, 5.74) is 2.25. The Hall–Kier alpha value is -1.46. The second-order valence-electron chi connectivity index (χ2n) is 8.29. The van der Waals surface area contributed by atoms with Crippen molar-refractivity contribution in [3.8, 4) is 0 Å². The van der Waals surface area contributed by atoms with Gasteiger partial charge in [0.05, 0.1) is 29.0 Å². The van der Waals surface area contributed by atoms with Crippen molar-refractivity contribution >= 4 is 5.91 Å². The van der Waals surface area contributed by atoms with E-state index in [1.807, 2.05) is 30.9 Å². The Morgan fingerprint density at radius 1 is 1.27 bits per heavy atom. The molecule has 2 heterocycles. The van der Waals surface area contributed by atoms with E-state index in [0.29, 0.717) is 5.56 Å². The first-order valence-corrected chi connectivity index (χ1v) is 9.94. The van der Waals surface area contributed by atoms with Gasteiger partial charge in [-0.25, -0.2) is 0 Å². The molecule has 3 fully saturated rings. The molecule has 0 aromatic carbocycles. The molecule has 2 aliphatic carbocycles. The number of aromatic nitrogens is 1. The largest absolute Gasteiger partial charge is 0.378 e. The lowest BCUT2D eigenvalue weighted by molar-refractivity contribution is -0.0977. The molecule has 0 spiro atoms. The van der Waals surface area contributed by atoms with Gasteiger partial charge in [-0.1, -0.05) is 0 Å². The molecule has 0 radical (unpaired) electrons. The Morgan fingerprint density at radius 2 is 2.08 bits per heavy atom. The highest BCUT2D eigenvalue weighted by atomic mass is 16.5. The van der Waals surface area contributed by atoms with Crippen molar-refractivity contribution in [1.29, 1.82) is 0 Å². The maximum absolute atomic E-state index is 13.3. The molecule has 1 aromatic rings. The first kappa shape index (κ1) is 17.9. The van der Waals surface area contributed by atoms with Crippen LogP contribution in [0.1, 0.15) is 60.3 Å². The molecule has 26 heavy (non-hydrogen) atoms. The summed E-state index contributed by atoms with van der Waals surface area (Å²) in [6, 6.07) is 3.93. The van der Waals surface area contributed by atoms with Gasteiger partial charge in [0.25, 0.3) is 5.91 Å². The third-order valence-electron chi connectivity index (χ3n) is 6.52. The van der Waals surface area contributed by atoms with E-state index in [4.69, 9.17) is 9.47 Å². The lowest BCUT2D eigenvalue weighted by Gasteiger charge is -2.43. The van der Waals surface area contributed by atoms with Gasteiger partial charge in [0.2, 0.25) is 0 Å². The number of rotatable bonds is 5. The highest BCUT2D eigenvalue weighted by molar-refractivity contribution is 5.95. The summed E-state index contributed by atoms with van der Waals surface area (Å²) in [5, 5.41) is 0. The molecule has 1 saturated heterocycles. The number of carbonyl (C=O) groups excluding carboxylic acids is 1. The Bertz CT molecular complexity index is 688. The van der Waals surface area contributed by atoms with Crippen molar-refractivity contribution in [2.75, 3.05) is 20.3 Å². The number of fused-ring (bicyclic) bond motifs is 1. The van der Waals surface area contributed by atoms with Gasteiger partial charge in [0.1, 0.15) is 0 Å². The van der Waals surface area contributed by atoms with Crippen LogP contribution in [0, 0.1) is 19.8 Å². The van der Waals surface area contributed by atoms with Crippen molar-refractivity contribution in [1.82, 2.24) is 9.88 Å². The number of carbonyl (C=O) groups is 1. The number of aryl methyl sites for hydroxylation is 2. The standard InChI is InChI=1S/C21H30N2O3/c1-14-4-7-18(15(2)22-14)20(24)23-11-10-21(25-3)9-8-17(12-19(21)23)26-13-16-5-6-16/h4,7,16-17,19H,5-6,8-13H2,1-3H3/t17-,19-,21+/m0/s1. The summed E-state index contributed by atoms with van der Waals surface area (Å²) in [4.78, 5) is 19.8. The number of nitrogens with zero attached hydrogens (tertiary/aromatic N) is 2. The molecule has 142 valence electrons. The molecule has 0 unspecified atom stereocenters. The van der Waals surface area contributed by atoms with E-state index in [0.717, 1.165) is 56.1 Å². The number of hydrogen-bond acceptors (Lipinski definition) is 4. The van der Waals surface area contributed by atoms with E-state index in [2.05, 4.69) is 4.98 Å². The van der Waals surface area contributed by atoms with Gasteiger partial charge in [-0.3, -0.25) is 9.78 Å². The Kier molecular flexibility index (Phi) is 4.78. The number of pyridine rings is 1. The van der Waals surface area contributed by atoms with Crippen LogP contribution < -0.4 is 0 Å². The Labute approximate surface area is 156 Å². The molecule has 5 heteroatoms. The van der Waals surface area contributed by atoms with Crippen LogP contribution >= 0.6 is 0 Å². The van der Waals surface area contributed by atoms with Crippen LogP contribution in [0.15, 0.2) is 12.1 Å². The molecule has 0 N–H and O–H groups in total. The van der Waals surface area contributed by atoms with E-state index < -0.39 is 0 Å². The van der Waals surface area contributed by atoms with E-state index >= 15 is 0 Å². The number of ether oxygens (including phenoxy) is 2. The van der Waals surface area contributed by atoms with Gasteiger partial charge in [-0.05, 0) is 70.4 Å². The maximum Gasteiger partial charge on any atom is 0.256 e. The molecule has 1 aromatic heterocycles. The lowest BCUT2D eigenvalue weighted by atomic mass is 9.79. The van der Waals surface area contributed by atoms with E-state index in [-0.39, 0.29) is 23.7 Å². The van der Waals surface area contributed by atoms with Crippen LogP contribution in [0.2, 0.25) is 0 Å². The van der Waals surface area contributed by atoms with Gasteiger partial charge >= 0.3 is 0 Å². The minimum atomic E-state index is -0.207. The van der Waals surface area contributed by atoms with Crippen molar-refractivity contribution in [2.45, 2.75) is 70.1 Å². The molecule has 0 bridgehead atoms. The van der Waals surface area contributed by atoms with Crippen LogP contribution in [0.25, 0.3) is 0 Å². The van der Waals surface area contributed by atoms with E-state index in [1.165, 1.54) is 12.8 Å². The normalized spacial score (nSPS) is 31.1. The zero-order valence-electron chi connectivity index (χ0n) is 16.2. The van der Waals surface area contributed by atoms with Gasteiger partial charge in [-0.15, -0.1) is 0 Å². The van der Waals surface area contributed by atoms with Crippen LogP contribution in [0.5, 0.6) is 0 Å². The fourth-order valence-corrected chi connectivity index (χ4v) is 4.68. The zero-order chi connectivity index (χ0) is 18.3. The maximum atomic E-state index is 13.3. The molecule has 1 aliphatic heterocycles. The molecule has 4 rings (SSSR count). The van der Waals surface area contributed by atoms with Crippen LogP contribution in [0.3, 0.4) is 0 Å². The molecule has 2 saturated carbocycles. The SMILES string of the molecule is CO[C@@]12CC[C@H](OCC3CC3)C[C@@H]1N(C(=O)c1ccc(C)nc1C)CC2. The van der Waals surface area contributed by atoms with Crippen molar-refractivity contribution in [2.24, 2.45) is 5.92 Å². The molecular weight excluding hydrogens is 328 g/mol. The molecular formula is C21H30N2O3. The summed E-state index contributed by atoms with van der Waals surface area (Å²) in [5.74, 6) is 0.855. The third-order valence-corrected chi connectivity index (χ3v) is 6.52. The van der Waals surface area contributed by atoms with E-state index in [1.54, 1.807) is 7.11 Å². The quantitative estimate of drug-likeness (QED) is 0.811. The van der Waals surface area contributed by atoms with Crippen molar-refractivity contribution in [3.05, 3.63) is 29.1 Å². The van der Waals surface area contributed by atoms with E-state index in [9.17, 15) is 4.79 Å². The zero-order valence-corrected chi connectivity index (χ0v) is 16.2. The first-order valence-electron chi connectivity index (χ1n) is 9.94. The minimum absolute atomic E-state index is 0.0850. The second kappa shape index (κ2) is 6.93. The average molecular weight is 358 g/mol. The number of hydrogen-bond donors (Lipinski definition) is 0. The monoisotopic (exact) mass is 358 g/mol. The predicted octanol–water partition coefficient (Wildman–Crippen LogP) is 3.28. The second-order valence-corrected chi connectivity index (χ2v) is 8.29. The van der Waals surface area contributed by atoms with Crippen molar-refractivity contribution in [3.63, 3.8) is 0 Å². The molecule has 1 amide bonds. The summed E-state index contributed by atoms with van der Waals surface area (Å²) in [7, 11) is 1.80. The average Bonchev–Trinajstić information content (AvgIpc) is 3.38. The Morgan fingerprint density at radius 3 is 2.77 bits per heavy atom. The van der Waals surface area contributed by atoms with Crippen LogP contribution in [-0.4, -0.2) is 53.8 Å². The molecule has 3 atom stereocenters. The van der Waals surface area contributed by atoms with Gasteiger partial charge in [0, 0.05) is 26.0 Å². The highest BCUT2D eigenvalue weighted by Gasteiger charge is 2.53. The summed E-state index contributed by atoms with van der Waals surface area (Å²) < 4.78 is 12.2. The van der Waals surface area contributed by atoms with Gasteiger partial charge in [-0.2, -0.15) is 0 Å². The number of methoxy groups -OCH3 is 1. The molecule has 3 aliphatic rings. The highest BCUT2D eigenvalue weighted by Crippen LogP contribution is 2.44. The summed E-state index contributed by atoms with van der Waals surface area (Å²) >= 11 is 0. The predicted molar refractivity (Wildman–Crippen MR) is 99.2 cm³/mol. The number of amides is 1. The first-order chi connectivity index (χ1) is 12.5. The number of likely N-dealkylation sites (tertiary alicyclic amines) is 1. The van der Waals surface area contributed by atoms with Crippen LogP contribution in [-0.2, 0) is 9.47 Å². The fraction of sp³-hybridized carbons (Fsp3) is 0.714. The minimum Gasteiger partial charge on any atom is -0.378 e. The van der Waals surface area contributed by atoms with Crippen LogP contribution in [0.4, 0.5) is 0 Å².